The van der Waals surface area contributed by atoms with Gasteiger partial charge in [-0.2, -0.15) is 5.10 Å². The van der Waals surface area contributed by atoms with Crippen LogP contribution in [0.15, 0.2) is 53.7 Å². The Kier molecular flexibility index (Phi) is 5.63. The first-order valence-electron chi connectivity index (χ1n) is 7.90. The SMILES string of the molecule is Cc1nn(Cc2ccc(F)cc2)c(Cl)c1/C=N/OCc1ccc(F)cc1. The lowest BCUT2D eigenvalue weighted by molar-refractivity contribution is 0.132. The molecule has 0 saturated heterocycles. The third-order valence-corrected chi connectivity index (χ3v) is 4.15. The molecule has 2 aromatic carbocycles. The lowest BCUT2D eigenvalue weighted by Gasteiger charge is -2.03. The topological polar surface area (TPSA) is 39.4 Å². The summed E-state index contributed by atoms with van der Waals surface area (Å²) in [5.41, 5.74) is 3.03. The maximum atomic E-state index is 13.0. The normalized spacial score (nSPS) is 11.2. The number of benzene rings is 2. The van der Waals surface area contributed by atoms with E-state index in [0.29, 0.717) is 23.0 Å². The van der Waals surface area contributed by atoms with E-state index in [0.717, 1.165) is 11.1 Å². The van der Waals surface area contributed by atoms with Gasteiger partial charge in [0.1, 0.15) is 23.4 Å². The molecule has 0 amide bonds. The minimum absolute atomic E-state index is 0.219. The van der Waals surface area contributed by atoms with Crippen LogP contribution in [0.1, 0.15) is 22.4 Å². The second-order valence-corrected chi connectivity index (χ2v) is 6.07. The molecule has 1 aromatic heterocycles. The molecule has 0 atom stereocenters. The van der Waals surface area contributed by atoms with Crippen molar-refractivity contribution in [1.82, 2.24) is 9.78 Å². The van der Waals surface area contributed by atoms with Crippen LogP contribution in [0.4, 0.5) is 8.78 Å². The van der Waals surface area contributed by atoms with Gasteiger partial charge in [-0.05, 0) is 42.3 Å². The summed E-state index contributed by atoms with van der Waals surface area (Å²) in [5.74, 6) is -0.587. The van der Waals surface area contributed by atoms with Crippen molar-refractivity contribution in [2.45, 2.75) is 20.1 Å². The van der Waals surface area contributed by atoms with Crippen molar-refractivity contribution in [3.8, 4) is 0 Å². The van der Waals surface area contributed by atoms with Crippen LogP contribution >= 0.6 is 11.6 Å². The van der Waals surface area contributed by atoms with Crippen LogP contribution in [0, 0.1) is 18.6 Å². The fourth-order valence-corrected chi connectivity index (χ4v) is 2.65. The zero-order valence-electron chi connectivity index (χ0n) is 14.0. The number of nitrogens with zero attached hydrogens (tertiary/aromatic N) is 3. The largest absolute Gasteiger partial charge is 0.391 e. The third kappa shape index (κ3) is 4.46. The van der Waals surface area contributed by atoms with Crippen LogP contribution < -0.4 is 0 Å². The maximum Gasteiger partial charge on any atom is 0.142 e. The van der Waals surface area contributed by atoms with E-state index in [-0.39, 0.29) is 18.2 Å². The fourth-order valence-electron chi connectivity index (χ4n) is 2.36. The van der Waals surface area contributed by atoms with E-state index in [2.05, 4.69) is 10.3 Å². The maximum absolute atomic E-state index is 13.0. The molecule has 0 aliphatic heterocycles. The van der Waals surface area contributed by atoms with E-state index in [1.165, 1.54) is 30.5 Å². The Labute approximate surface area is 154 Å². The molecule has 3 aromatic rings. The van der Waals surface area contributed by atoms with Gasteiger partial charge in [-0.15, -0.1) is 0 Å². The Balaban J connectivity index is 1.65. The predicted molar refractivity (Wildman–Crippen MR) is 96.3 cm³/mol. The lowest BCUT2D eigenvalue weighted by atomic mass is 10.2. The molecule has 0 bridgehead atoms. The minimum atomic E-state index is -0.298. The Morgan fingerprint density at radius 3 is 2.23 bits per heavy atom. The number of halogens is 3. The first-order valence-corrected chi connectivity index (χ1v) is 8.28. The highest BCUT2D eigenvalue weighted by Crippen LogP contribution is 2.19. The van der Waals surface area contributed by atoms with E-state index < -0.39 is 0 Å². The molecule has 4 nitrogen and oxygen atoms in total. The zero-order chi connectivity index (χ0) is 18.5. The Morgan fingerprint density at radius 2 is 1.62 bits per heavy atom. The van der Waals surface area contributed by atoms with E-state index in [9.17, 15) is 8.78 Å². The summed E-state index contributed by atoms with van der Waals surface area (Å²) in [7, 11) is 0. The summed E-state index contributed by atoms with van der Waals surface area (Å²) in [6.07, 6.45) is 1.50. The van der Waals surface area contributed by atoms with E-state index in [1.54, 1.807) is 28.9 Å². The van der Waals surface area contributed by atoms with Gasteiger partial charge in [0, 0.05) is 0 Å². The van der Waals surface area contributed by atoms with Crippen molar-refractivity contribution in [2.24, 2.45) is 5.16 Å². The van der Waals surface area contributed by atoms with Crippen LogP contribution in [0.25, 0.3) is 0 Å². The fraction of sp³-hybridized carbons (Fsp3) is 0.158. The van der Waals surface area contributed by atoms with Crippen molar-refractivity contribution in [3.63, 3.8) is 0 Å². The van der Waals surface area contributed by atoms with Crippen molar-refractivity contribution in [2.75, 3.05) is 0 Å². The summed E-state index contributed by atoms with van der Waals surface area (Å²) >= 11 is 6.36. The van der Waals surface area contributed by atoms with Gasteiger partial charge >= 0.3 is 0 Å². The molecular formula is C19H16ClF2N3O. The van der Waals surface area contributed by atoms with Crippen LogP contribution in [0.5, 0.6) is 0 Å². The molecule has 0 fully saturated rings. The lowest BCUT2D eigenvalue weighted by Crippen LogP contribution is -2.02. The van der Waals surface area contributed by atoms with Crippen molar-refractivity contribution in [1.29, 1.82) is 0 Å². The molecule has 0 aliphatic carbocycles. The van der Waals surface area contributed by atoms with E-state index in [4.69, 9.17) is 16.4 Å². The van der Waals surface area contributed by atoms with Crippen molar-refractivity contribution >= 4 is 17.8 Å². The first-order chi connectivity index (χ1) is 12.5. The molecule has 134 valence electrons. The highest BCUT2D eigenvalue weighted by molar-refractivity contribution is 6.32. The van der Waals surface area contributed by atoms with Gasteiger partial charge in [-0.3, -0.25) is 0 Å². The van der Waals surface area contributed by atoms with E-state index >= 15 is 0 Å². The predicted octanol–water partition coefficient (Wildman–Crippen LogP) is 4.72. The number of hydrogen-bond acceptors (Lipinski definition) is 3. The number of rotatable bonds is 6. The molecule has 0 unspecified atom stereocenters. The summed E-state index contributed by atoms with van der Waals surface area (Å²) in [5, 5.41) is 8.70. The van der Waals surface area contributed by atoms with Crippen LogP contribution in [0.3, 0.4) is 0 Å². The van der Waals surface area contributed by atoms with Gasteiger partial charge in [0.15, 0.2) is 0 Å². The molecular weight excluding hydrogens is 360 g/mol. The minimum Gasteiger partial charge on any atom is -0.391 e. The van der Waals surface area contributed by atoms with Gasteiger partial charge in [0.05, 0.1) is 24.0 Å². The van der Waals surface area contributed by atoms with E-state index in [1.807, 2.05) is 6.92 Å². The molecule has 0 spiro atoms. The molecule has 7 heteroatoms. The first kappa shape index (κ1) is 18.1. The van der Waals surface area contributed by atoms with Gasteiger partial charge in [-0.25, -0.2) is 13.5 Å². The number of hydrogen-bond donors (Lipinski definition) is 0. The van der Waals surface area contributed by atoms with Crippen LogP contribution in [0.2, 0.25) is 5.15 Å². The van der Waals surface area contributed by atoms with Crippen molar-refractivity contribution in [3.05, 3.63) is 87.7 Å². The van der Waals surface area contributed by atoms with Gasteiger partial charge in [-0.1, -0.05) is 41.0 Å². The molecule has 26 heavy (non-hydrogen) atoms. The van der Waals surface area contributed by atoms with Crippen LogP contribution in [-0.2, 0) is 18.0 Å². The van der Waals surface area contributed by atoms with Crippen LogP contribution in [-0.4, -0.2) is 16.0 Å². The second kappa shape index (κ2) is 8.10. The number of aryl methyl sites for hydroxylation is 1. The molecule has 3 rings (SSSR count). The summed E-state index contributed by atoms with van der Waals surface area (Å²) < 4.78 is 27.5. The highest BCUT2D eigenvalue weighted by atomic mass is 35.5. The summed E-state index contributed by atoms with van der Waals surface area (Å²) in [6.45, 7) is 2.45. The van der Waals surface area contributed by atoms with Gasteiger partial charge in [0.25, 0.3) is 0 Å². The number of oxime groups is 1. The second-order valence-electron chi connectivity index (χ2n) is 5.71. The number of aromatic nitrogens is 2. The molecule has 0 N–H and O–H groups in total. The molecule has 0 radical (unpaired) electrons. The zero-order valence-corrected chi connectivity index (χ0v) is 14.8. The van der Waals surface area contributed by atoms with Crippen molar-refractivity contribution < 1.29 is 13.6 Å². The van der Waals surface area contributed by atoms with Gasteiger partial charge in [0.2, 0.25) is 0 Å². The highest BCUT2D eigenvalue weighted by Gasteiger charge is 2.12. The molecule has 0 aliphatic rings. The standard InChI is InChI=1S/C19H16ClF2N3O/c1-13-18(10-23-26-12-15-4-8-17(22)9-5-15)19(20)25(24-13)11-14-2-6-16(21)7-3-14/h2-10H,11-12H2,1H3/b23-10+. The Hall–Kier alpha value is -2.73. The Morgan fingerprint density at radius 1 is 1.04 bits per heavy atom. The summed E-state index contributed by atoms with van der Waals surface area (Å²) in [6, 6.07) is 12.1. The van der Waals surface area contributed by atoms with Gasteiger partial charge < -0.3 is 4.84 Å². The average molecular weight is 376 g/mol. The average Bonchev–Trinajstić information content (AvgIpc) is 2.89. The quantitative estimate of drug-likeness (QED) is 0.462. The smallest absolute Gasteiger partial charge is 0.142 e. The summed E-state index contributed by atoms with van der Waals surface area (Å²) in [4.78, 5) is 5.22. The monoisotopic (exact) mass is 375 g/mol. The molecule has 1 heterocycles. The molecule has 0 saturated carbocycles. The Bertz CT molecular complexity index is 906. The third-order valence-electron chi connectivity index (χ3n) is 3.76.